The number of alkyl carbamates (subject to hydrolysis) is 1. The summed E-state index contributed by atoms with van der Waals surface area (Å²) in [7, 11) is -2.49. The SMILES string of the molecule is C=C[C@@H]1C[C@]1(NC(=O)OC(C)(C)C)C(=O)NS(=O)(=O)C1(COC)CC1. The van der Waals surface area contributed by atoms with E-state index in [1.807, 2.05) is 0 Å². The minimum Gasteiger partial charge on any atom is -0.444 e. The zero-order valence-corrected chi connectivity index (χ0v) is 15.9. The van der Waals surface area contributed by atoms with Crippen molar-refractivity contribution >= 4 is 22.0 Å². The highest BCUT2D eigenvalue weighted by Crippen LogP contribution is 2.47. The van der Waals surface area contributed by atoms with Crippen LogP contribution in [0.25, 0.3) is 0 Å². The molecule has 0 saturated heterocycles. The number of hydrogen-bond donors (Lipinski definition) is 2. The van der Waals surface area contributed by atoms with Crippen molar-refractivity contribution in [1.29, 1.82) is 0 Å². The second kappa shape index (κ2) is 6.28. The van der Waals surface area contributed by atoms with Crippen molar-refractivity contribution in [3.8, 4) is 0 Å². The first-order chi connectivity index (χ1) is 11.4. The van der Waals surface area contributed by atoms with Gasteiger partial charge in [-0.3, -0.25) is 9.52 Å². The van der Waals surface area contributed by atoms with Crippen LogP contribution in [0.4, 0.5) is 4.79 Å². The molecule has 2 atom stereocenters. The van der Waals surface area contributed by atoms with Crippen LogP contribution in [0.5, 0.6) is 0 Å². The van der Waals surface area contributed by atoms with Gasteiger partial charge in [-0.05, 0) is 40.0 Å². The summed E-state index contributed by atoms with van der Waals surface area (Å²) in [5.41, 5.74) is -2.08. The quantitative estimate of drug-likeness (QED) is 0.645. The van der Waals surface area contributed by atoms with E-state index in [0.717, 1.165) is 0 Å². The molecule has 0 bridgehead atoms. The molecule has 2 aliphatic carbocycles. The van der Waals surface area contributed by atoms with E-state index in [-0.39, 0.29) is 18.9 Å². The monoisotopic (exact) mass is 374 g/mol. The fourth-order valence-corrected chi connectivity index (χ4v) is 4.29. The second-order valence-electron chi connectivity index (χ2n) is 7.70. The summed E-state index contributed by atoms with van der Waals surface area (Å²) in [6, 6.07) is 0. The predicted molar refractivity (Wildman–Crippen MR) is 91.3 cm³/mol. The van der Waals surface area contributed by atoms with E-state index >= 15 is 0 Å². The van der Waals surface area contributed by atoms with Gasteiger partial charge < -0.3 is 14.8 Å². The van der Waals surface area contributed by atoms with E-state index in [9.17, 15) is 18.0 Å². The lowest BCUT2D eigenvalue weighted by atomic mass is 10.2. The van der Waals surface area contributed by atoms with Gasteiger partial charge in [-0.25, -0.2) is 13.2 Å². The number of carbonyl (C=O) groups is 2. The highest BCUT2D eigenvalue weighted by molar-refractivity contribution is 7.91. The molecule has 0 aromatic heterocycles. The second-order valence-corrected chi connectivity index (χ2v) is 9.77. The number of carbonyl (C=O) groups excluding carboxylic acids is 2. The Morgan fingerprint density at radius 3 is 2.32 bits per heavy atom. The van der Waals surface area contributed by atoms with E-state index < -0.39 is 37.9 Å². The molecule has 2 amide bonds. The van der Waals surface area contributed by atoms with Crippen LogP contribution in [0.2, 0.25) is 0 Å². The Morgan fingerprint density at radius 2 is 1.92 bits per heavy atom. The summed E-state index contributed by atoms with van der Waals surface area (Å²) < 4.78 is 36.2. The van der Waals surface area contributed by atoms with Crippen LogP contribution < -0.4 is 10.0 Å². The number of rotatable bonds is 7. The molecule has 2 aliphatic rings. The van der Waals surface area contributed by atoms with Crippen molar-refractivity contribution in [2.45, 2.75) is 55.9 Å². The molecular formula is C16H26N2O6S. The first kappa shape index (κ1) is 19.7. The molecule has 0 spiro atoms. The lowest BCUT2D eigenvalue weighted by Gasteiger charge is -2.24. The van der Waals surface area contributed by atoms with Crippen molar-refractivity contribution in [3.63, 3.8) is 0 Å². The van der Waals surface area contributed by atoms with Gasteiger partial charge in [0.25, 0.3) is 5.91 Å². The zero-order chi connectivity index (χ0) is 19.1. The summed E-state index contributed by atoms with van der Waals surface area (Å²) in [5, 5.41) is 2.51. The number of hydrogen-bond acceptors (Lipinski definition) is 6. The molecule has 2 N–H and O–H groups in total. The molecule has 8 nitrogen and oxygen atoms in total. The van der Waals surface area contributed by atoms with Crippen molar-refractivity contribution in [3.05, 3.63) is 12.7 Å². The Hall–Kier alpha value is -1.61. The van der Waals surface area contributed by atoms with Gasteiger partial charge >= 0.3 is 6.09 Å². The van der Waals surface area contributed by atoms with Gasteiger partial charge in [-0.15, -0.1) is 6.58 Å². The maximum atomic E-state index is 12.6. The Morgan fingerprint density at radius 1 is 1.32 bits per heavy atom. The average Bonchev–Trinajstić information content (AvgIpc) is 3.32. The Labute approximate surface area is 148 Å². The van der Waals surface area contributed by atoms with Crippen LogP contribution >= 0.6 is 0 Å². The molecule has 0 aromatic rings. The van der Waals surface area contributed by atoms with E-state index in [4.69, 9.17) is 9.47 Å². The molecule has 142 valence electrons. The average molecular weight is 374 g/mol. The molecule has 0 radical (unpaired) electrons. The number of ether oxygens (including phenoxy) is 2. The third-order valence-electron chi connectivity index (χ3n) is 4.44. The molecule has 0 aliphatic heterocycles. The third kappa shape index (κ3) is 3.98. The molecule has 2 fully saturated rings. The van der Waals surface area contributed by atoms with Gasteiger partial charge in [0.1, 0.15) is 15.9 Å². The zero-order valence-electron chi connectivity index (χ0n) is 15.0. The largest absolute Gasteiger partial charge is 0.444 e. The topological polar surface area (TPSA) is 111 Å². The van der Waals surface area contributed by atoms with Crippen LogP contribution in [-0.2, 0) is 24.3 Å². The predicted octanol–water partition coefficient (Wildman–Crippen LogP) is 1.08. The van der Waals surface area contributed by atoms with E-state index in [1.165, 1.54) is 13.2 Å². The normalized spacial score (nSPS) is 27.1. The number of sulfonamides is 1. The van der Waals surface area contributed by atoms with Crippen molar-refractivity contribution in [2.24, 2.45) is 5.92 Å². The lowest BCUT2D eigenvalue weighted by molar-refractivity contribution is -0.122. The van der Waals surface area contributed by atoms with Crippen molar-refractivity contribution in [1.82, 2.24) is 10.0 Å². The van der Waals surface area contributed by atoms with Gasteiger partial charge in [0.15, 0.2) is 0 Å². The standard InChI is InChI=1S/C16H26N2O6S/c1-6-11-9-16(11,17-13(20)24-14(2,3)4)12(19)18-25(21,22)15(7-8-15)10-23-5/h6,11H,1,7-10H2,2-5H3,(H,17,20)(H,18,19)/t11-,16-/m1/s1. The fraction of sp³-hybridized carbons (Fsp3) is 0.750. The summed E-state index contributed by atoms with van der Waals surface area (Å²) in [6.45, 7) is 8.74. The lowest BCUT2D eigenvalue weighted by Crippen LogP contribution is -2.54. The molecule has 2 rings (SSSR count). The summed E-state index contributed by atoms with van der Waals surface area (Å²) in [5.74, 6) is -1.13. The number of methoxy groups -OCH3 is 1. The molecule has 0 aromatic carbocycles. The van der Waals surface area contributed by atoms with Crippen LogP contribution in [-0.4, -0.2) is 50.0 Å². The third-order valence-corrected chi connectivity index (χ3v) is 6.56. The summed E-state index contributed by atoms with van der Waals surface area (Å²) >= 11 is 0. The highest BCUT2D eigenvalue weighted by atomic mass is 32.2. The number of nitrogens with one attached hydrogen (secondary N) is 2. The molecule has 25 heavy (non-hydrogen) atoms. The van der Waals surface area contributed by atoms with Gasteiger partial charge in [-0.1, -0.05) is 6.08 Å². The van der Waals surface area contributed by atoms with Gasteiger partial charge in [0, 0.05) is 13.0 Å². The van der Waals surface area contributed by atoms with Gasteiger partial charge in [0.05, 0.1) is 6.61 Å². The van der Waals surface area contributed by atoms with E-state index in [1.54, 1.807) is 20.8 Å². The highest BCUT2D eigenvalue weighted by Gasteiger charge is 2.63. The maximum absolute atomic E-state index is 12.6. The molecule has 9 heteroatoms. The minimum atomic E-state index is -3.91. The Bertz CT molecular complexity index is 677. The molecule has 0 unspecified atom stereocenters. The summed E-state index contributed by atoms with van der Waals surface area (Å²) in [4.78, 5) is 24.7. The van der Waals surface area contributed by atoms with E-state index in [0.29, 0.717) is 12.8 Å². The molecular weight excluding hydrogens is 348 g/mol. The van der Waals surface area contributed by atoms with Crippen molar-refractivity contribution < 1.29 is 27.5 Å². The Kier molecular flexibility index (Phi) is 4.95. The van der Waals surface area contributed by atoms with Crippen LogP contribution in [0.15, 0.2) is 12.7 Å². The van der Waals surface area contributed by atoms with Crippen LogP contribution in [0, 0.1) is 5.92 Å². The smallest absolute Gasteiger partial charge is 0.408 e. The molecule has 0 heterocycles. The van der Waals surface area contributed by atoms with Crippen LogP contribution in [0.3, 0.4) is 0 Å². The first-order valence-electron chi connectivity index (χ1n) is 8.11. The van der Waals surface area contributed by atoms with Gasteiger partial charge in [-0.2, -0.15) is 0 Å². The Balaban J connectivity index is 2.11. The van der Waals surface area contributed by atoms with Gasteiger partial charge in [0.2, 0.25) is 10.0 Å². The molecule has 2 saturated carbocycles. The minimum absolute atomic E-state index is 0.0208. The summed E-state index contributed by atoms with van der Waals surface area (Å²) in [6.07, 6.45) is 1.88. The van der Waals surface area contributed by atoms with Crippen molar-refractivity contribution in [2.75, 3.05) is 13.7 Å². The maximum Gasteiger partial charge on any atom is 0.408 e. The number of amides is 2. The fourth-order valence-electron chi connectivity index (χ4n) is 2.73. The first-order valence-corrected chi connectivity index (χ1v) is 9.59. The van der Waals surface area contributed by atoms with E-state index in [2.05, 4.69) is 16.6 Å². The van der Waals surface area contributed by atoms with Crippen LogP contribution in [0.1, 0.15) is 40.0 Å².